The van der Waals surface area contributed by atoms with Crippen molar-refractivity contribution in [2.24, 2.45) is 0 Å². The second kappa shape index (κ2) is 8.20. The number of carbonyl (C=O) groups excluding carboxylic acids is 1. The highest BCUT2D eigenvalue weighted by molar-refractivity contribution is 5.82. The van der Waals surface area contributed by atoms with Gasteiger partial charge < -0.3 is 14.6 Å². The summed E-state index contributed by atoms with van der Waals surface area (Å²) < 4.78 is 10.00. The minimum Gasteiger partial charge on any atom is -0.460 e. The molecule has 0 bridgehead atoms. The Bertz CT molecular complexity index is 229. The second-order valence-electron chi connectivity index (χ2n) is 3.28. The van der Waals surface area contributed by atoms with Crippen LogP contribution in [0.1, 0.15) is 13.8 Å². The first-order valence-electron chi connectivity index (χ1n) is 4.75. The van der Waals surface area contributed by atoms with Gasteiger partial charge in [-0.05, 0) is 13.8 Å². The molecule has 0 fully saturated rings. The van der Waals surface area contributed by atoms with Gasteiger partial charge in [-0.25, -0.2) is 4.79 Å². The average Bonchev–Trinajstić information content (AvgIpc) is 2.17. The SMILES string of the molecule is C=CCOC(CO)COC(=O)C=C(C)C. The molecule has 0 saturated heterocycles. The van der Waals surface area contributed by atoms with Crippen molar-refractivity contribution in [3.8, 4) is 0 Å². The number of hydrogen-bond acceptors (Lipinski definition) is 4. The molecular formula is C11H18O4. The third-order valence-corrected chi connectivity index (χ3v) is 1.47. The van der Waals surface area contributed by atoms with Gasteiger partial charge in [0.25, 0.3) is 0 Å². The average molecular weight is 214 g/mol. The summed E-state index contributed by atoms with van der Waals surface area (Å²) in [4.78, 5) is 11.1. The van der Waals surface area contributed by atoms with Crippen molar-refractivity contribution >= 4 is 5.97 Å². The van der Waals surface area contributed by atoms with E-state index in [0.29, 0.717) is 6.61 Å². The molecule has 1 atom stereocenters. The van der Waals surface area contributed by atoms with Crippen LogP contribution in [0.3, 0.4) is 0 Å². The Hall–Kier alpha value is -1.13. The second-order valence-corrected chi connectivity index (χ2v) is 3.28. The number of hydrogen-bond donors (Lipinski definition) is 1. The first-order valence-corrected chi connectivity index (χ1v) is 4.75. The van der Waals surface area contributed by atoms with Crippen molar-refractivity contribution in [3.63, 3.8) is 0 Å². The molecule has 4 heteroatoms. The maximum absolute atomic E-state index is 11.1. The highest BCUT2D eigenvalue weighted by atomic mass is 16.6. The highest BCUT2D eigenvalue weighted by Gasteiger charge is 2.09. The molecule has 0 aromatic carbocycles. The lowest BCUT2D eigenvalue weighted by molar-refractivity contribution is -0.142. The number of carbonyl (C=O) groups is 1. The van der Waals surface area contributed by atoms with Crippen molar-refractivity contribution in [2.45, 2.75) is 20.0 Å². The highest BCUT2D eigenvalue weighted by Crippen LogP contribution is 1.96. The van der Waals surface area contributed by atoms with E-state index in [1.54, 1.807) is 19.9 Å². The summed E-state index contributed by atoms with van der Waals surface area (Å²) >= 11 is 0. The van der Waals surface area contributed by atoms with Gasteiger partial charge in [0.15, 0.2) is 0 Å². The van der Waals surface area contributed by atoms with E-state index >= 15 is 0 Å². The molecule has 1 N–H and O–H groups in total. The van der Waals surface area contributed by atoms with Gasteiger partial charge in [-0.2, -0.15) is 0 Å². The predicted molar refractivity (Wildman–Crippen MR) is 57.4 cm³/mol. The van der Waals surface area contributed by atoms with Crippen LogP contribution in [0.15, 0.2) is 24.3 Å². The summed E-state index contributed by atoms with van der Waals surface area (Å²) in [5.74, 6) is -0.421. The first-order chi connectivity index (χ1) is 7.10. The van der Waals surface area contributed by atoms with Gasteiger partial charge in [0.1, 0.15) is 12.7 Å². The lowest BCUT2D eigenvalue weighted by Gasteiger charge is -2.13. The van der Waals surface area contributed by atoms with E-state index in [9.17, 15) is 4.79 Å². The molecule has 0 heterocycles. The zero-order valence-electron chi connectivity index (χ0n) is 9.23. The quantitative estimate of drug-likeness (QED) is 0.391. The van der Waals surface area contributed by atoms with Crippen LogP contribution < -0.4 is 0 Å². The van der Waals surface area contributed by atoms with Crippen molar-refractivity contribution in [2.75, 3.05) is 19.8 Å². The molecule has 0 aromatic rings. The van der Waals surface area contributed by atoms with E-state index in [2.05, 4.69) is 6.58 Å². The van der Waals surface area contributed by atoms with E-state index in [1.807, 2.05) is 0 Å². The van der Waals surface area contributed by atoms with Crippen LogP contribution in [0.5, 0.6) is 0 Å². The summed E-state index contributed by atoms with van der Waals surface area (Å²) in [6.07, 6.45) is 2.47. The van der Waals surface area contributed by atoms with Gasteiger partial charge in [-0.15, -0.1) is 6.58 Å². The summed E-state index contributed by atoms with van der Waals surface area (Å²) in [7, 11) is 0. The Labute approximate surface area is 90.2 Å². The molecule has 0 radical (unpaired) electrons. The Morgan fingerprint density at radius 3 is 2.67 bits per heavy atom. The molecular weight excluding hydrogens is 196 g/mol. The van der Waals surface area contributed by atoms with Crippen LogP contribution in [-0.2, 0) is 14.3 Å². The molecule has 15 heavy (non-hydrogen) atoms. The van der Waals surface area contributed by atoms with Crippen LogP contribution in [0.4, 0.5) is 0 Å². The normalized spacial score (nSPS) is 11.7. The molecule has 1 unspecified atom stereocenters. The molecule has 0 aliphatic heterocycles. The van der Waals surface area contributed by atoms with Crippen LogP contribution in [0.2, 0.25) is 0 Å². The molecule has 4 nitrogen and oxygen atoms in total. The molecule has 0 amide bonds. The van der Waals surface area contributed by atoms with Crippen molar-refractivity contribution in [1.29, 1.82) is 0 Å². The fraction of sp³-hybridized carbons (Fsp3) is 0.545. The topological polar surface area (TPSA) is 55.8 Å². The molecule has 0 spiro atoms. The molecule has 0 aliphatic rings. The largest absolute Gasteiger partial charge is 0.460 e. The molecule has 0 rings (SSSR count). The Kier molecular flexibility index (Phi) is 7.58. The summed E-state index contributed by atoms with van der Waals surface area (Å²) in [5.41, 5.74) is 0.868. The van der Waals surface area contributed by atoms with E-state index in [0.717, 1.165) is 5.57 Å². The van der Waals surface area contributed by atoms with Crippen LogP contribution in [-0.4, -0.2) is 37.0 Å². The van der Waals surface area contributed by atoms with Gasteiger partial charge >= 0.3 is 5.97 Å². The number of esters is 1. The minimum atomic E-state index is -0.488. The Morgan fingerprint density at radius 2 is 2.20 bits per heavy atom. The third kappa shape index (κ3) is 7.90. The summed E-state index contributed by atoms with van der Waals surface area (Å²) in [6, 6.07) is 0. The van der Waals surface area contributed by atoms with E-state index in [4.69, 9.17) is 14.6 Å². The Balaban J connectivity index is 3.84. The predicted octanol–water partition coefficient (Wildman–Crippen LogP) is 1.06. The van der Waals surface area contributed by atoms with E-state index < -0.39 is 12.1 Å². The summed E-state index contributed by atoms with van der Waals surface area (Å²) in [5, 5.41) is 8.88. The molecule has 86 valence electrons. The zero-order valence-corrected chi connectivity index (χ0v) is 9.23. The monoisotopic (exact) mass is 214 g/mol. The minimum absolute atomic E-state index is 0.0486. The maximum atomic E-state index is 11.1. The fourth-order valence-electron chi connectivity index (χ4n) is 0.810. The van der Waals surface area contributed by atoms with Crippen molar-refractivity contribution in [3.05, 3.63) is 24.3 Å². The van der Waals surface area contributed by atoms with E-state index in [1.165, 1.54) is 6.08 Å². The molecule has 0 aliphatic carbocycles. The fourth-order valence-corrected chi connectivity index (χ4v) is 0.810. The van der Waals surface area contributed by atoms with Crippen molar-refractivity contribution in [1.82, 2.24) is 0 Å². The van der Waals surface area contributed by atoms with Gasteiger partial charge in [-0.3, -0.25) is 0 Å². The number of allylic oxidation sites excluding steroid dienone is 1. The Morgan fingerprint density at radius 1 is 1.53 bits per heavy atom. The molecule has 0 aromatic heterocycles. The van der Waals surface area contributed by atoms with E-state index in [-0.39, 0.29) is 13.2 Å². The van der Waals surface area contributed by atoms with Crippen LogP contribution in [0, 0.1) is 0 Å². The van der Waals surface area contributed by atoms with Crippen LogP contribution >= 0.6 is 0 Å². The standard InChI is InChI=1S/C11H18O4/c1-4-5-14-10(7-12)8-15-11(13)6-9(2)3/h4,6,10,12H,1,5,7-8H2,2-3H3. The number of ether oxygens (including phenoxy) is 2. The van der Waals surface area contributed by atoms with Gasteiger partial charge in [0.2, 0.25) is 0 Å². The lowest BCUT2D eigenvalue weighted by atomic mass is 10.3. The zero-order chi connectivity index (χ0) is 11.7. The number of aliphatic hydroxyl groups is 1. The number of rotatable bonds is 7. The number of aliphatic hydroxyl groups excluding tert-OH is 1. The van der Waals surface area contributed by atoms with Crippen LogP contribution in [0.25, 0.3) is 0 Å². The first kappa shape index (κ1) is 13.9. The molecule has 0 saturated carbocycles. The van der Waals surface area contributed by atoms with Gasteiger partial charge in [-0.1, -0.05) is 11.6 Å². The third-order valence-electron chi connectivity index (χ3n) is 1.47. The maximum Gasteiger partial charge on any atom is 0.330 e. The summed E-state index contributed by atoms with van der Waals surface area (Å²) in [6.45, 7) is 7.28. The van der Waals surface area contributed by atoms with Gasteiger partial charge in [0, 0.05) is 6.08 Å². The van der Waals surface area contributed by atoms with Crippen molar-refractivity contribution < 1.29 is 19.4 Å². The van der Waals surface area contributed by atoms with Gasteiger partial charge in [0.05, 0.1) is 13.2 Å². The smallest absolute Gasteiger partial charge is 0.330 e. The lowest BCUT2D eigenvalue weighted by Crippen LogP contribution is -2.25.